The highest BCUT2D eigenvalue weighted by Gasteiger charge is 2.29. The SMILES string of the molecule is CC(C)c1cccc2sc(N(CC3CCCO3)C(=O)c3ccc([N+](=O)[O-])s3)nc12. The number of anilines is 1. The fourth-order valence-electron chi connectivity index (χ4n) is 3.45. The molecule has 3 heterocycles. The summed E-state index contributed by atoms with van der Waals surface area (Å²) in [6.45, 7) is 5.32. The van der Waals surface area contributed by atoms with E-state index in [0.717, 1.165) is 40.0 Å². The lowest BCUT2D eigenvalue weighted by molar-refractivity contribution is -0.380. The number of para-hydroxylation sites is 1. The zero-order valence-electron chi connectivity index (χ0n) is 16.2. The van der Waals surface area contributed by atoms with Gasteiger partial charge in [-0.1, -0.05) is 48.7 Å². The van der Waals surface area contributed by atoms with Crippen molar-refractivity contribution in [3.05, 3.63) is 50.9 Å². The molecule has 9 heteroatoms. The number of carbonyl (C=O) groups excluding carboxylic acids is 1. The van der Waals surface area contributed by atoms with Crippen molar-refractivity contribution in [3.63, 3.8) is 0 Å². The van der Waals surface area contributed by atoms with Crippen LogP contribution in [-0.2, 0) is 4.74 Å². The third kappa shape index (κ3) is 4.03. The smallest absolute Gasteiger partial charge is 0.324 e. The maximum Gasteiger partial charge on any atom is 0.324 e. The molecule has 0 aliphatic carbocycles. The summed E-state index contributed by atoms with van der Waals surface area (Å²) in [5, 5.41) is 11.6. The maximum absolute atomic E-state index is 13.3. The number of aromatic nitrogens is 1. The Morgan fingerprint density at radius 1 is 1.34 bits per heavy atom. The molecule has 0 radical (unpaired) electrons. The van der Waals surface area contributed by atoms with Crippen LogP contribution in [0.5, 0.6) is 0 Å². The lowest BCUT2D eigenvalue weighted by Gasteiger charge is -2.22. The molecule has 0 bridgehead atoms. The van der Waals surface area contributed by atoms with Crippen molar-refractivity contribution in [1.29, 1.82) is 0 Å². The molecule has 0 N–H and O–H groups in total. The first-order valence-corrected chi connectivity index (χ1v) is 11.1. The maximum atomic E-state index is 13.3. The average molecular weight is 432 g/mol. The molecular weight excluding hydrogens is 410 g/mol. The molecule has 1 unspecified atom stereocenters. The Morgan fingerprint density at radius 3 is 2.83 bits per heavy atom. The second-order valence-electron chi connectivity index (χ2n) is 7.29. The van der Waals surface area contributed by atoms with Gasteiger partial charge in [-0.2, -0.15) is 0 Å². The van der Waals surface area contributed by atoms with E-state index >= 15 is 0 Å². The number of carbonyl (C=O) groups is 1. The summed E-state index contributed by atoms with van der Waals surface area (Å²) < 4.78 is 6.77. The monoisotopic (exact) mass is 431 g/mol. The Hall–Kier alpha value is -2.36. The minimum atomic E-state index is -0.474. The molecule has 1 saturated heterocycles. The number of nitrogens with zero attached hydrogens (tertiary/aromatic N) is 3. The highest BCUT2D eigenvalue weighted by molar-refractivity contribution is 7.22. The fourth-order valence-corrected chi connectivity index (χ4v) is 5.23. The van der Waals surface area contributed by atoms with Crippen LogP contribution in [0.3, 0.4) is 0 Å². The zero-order chi connectivity index (χ0) is 20.5. The summed E-state index contributed by atoms with van der Waals surface area (Å²) in [5.74, 6) is 0.0414. The number of thiophene rings is 1. The van der Waals surface area contributed by atoms with E-state index in [9.17, 15) is 14.9 Å². The number of benzene rings is 1. The molecule has 1 aliphatic rings. The predicted octanol–water partition coefficient (Wildman–Crippen LogP) is 5.22. The number of hydrogen-bond acceptors (Lipinski definition) is 7. The van der Waals surface area contributed by atoms with Gasteiger partial charge in [0, 0.05) is 12.7 Å². The first-order chi connectivity index (χ1) is 13.9. The summed E-state index contributed by atoms with van der Waals surface area (Å²) in [4.78, 5) is 30.6. The van der Waals surface area contributed by atoms with Crippen LogP contribution in [0.15, 0.2) is 30.3 Å². The van der Waals surface area contributed by atoms with Crippen LogP contribution < -0.4 is 4.90 Å². The van der Waals surface area contributed by atoms with E-state index in [0.29, 0.717) is 29.1 Å². The van der Waals surface area contributed by atoms with Crippen LogP contribution in [0.4, 0.5) is 10.1 Å². The number of thiazole rings is 1. The molecule has 0 spiro atoms. The van der Waals surface area contributed by atoms with Gasteiger partial charge in [-0.05, 0) is 36.5 Å². The van der Waals surface area contributed by atoms with Crippen molar-refractivity contribution >= 4 is 48.9 Å². The van der Waals surface area contributed by atoms with E-state index in [1.165, 1.54) is 23.5 Å². The standard InChI is InChI=1S/C20H21N3O4S2/c1-12(2)14-6-3-7-15-18(14)21-20(29-15)22(11-13-5-4-10-27-13)19(24)16-8-9-17(28-16)23(25)26/h3,6-9,12-13H,4-5,10-11H2,1-2H3. The van der Waals surface area contributed by atoms with E-state index < -0.39 is 4.92 Å². The molecule has 2 aromatic heterocycles. The van der Waals surface area contributed by atoms with E-state index in [4.69, 9.17) is 9.72 Å². The number of hydrogen-bond donors (Lipinski definition) is 0. The summed E-state index contributed by atoms with van der Waals surface area (Å²) in [5.41, 5.74) is 2.05. The Bertz CT molecular complexity index is 1050. The minimum Gasteiger partial charge on any atom is -0.376 e. The van der Waals surface area contributed by atoms with Crippen LogP contribution in [0.1, 0.15) is 47.8 Å². The van der Waals surface area contributed by atoms with Gasteiger partial charge in [0.05, 0.1) is 32.7 Å². The normalized spacial score (nSPS) is 16.6. The lowest BCUT2D eigenvalue weighted by Crippen LogP contribution is -2.37. The Morgan fingerprint density at radius 2 is 2.17 bits per heavy atom. The second-order valence-corrected chi connectivity index (χ2v) is 9.36. The number of amides is 1. The van der Waals surface area contributed by atoms with Crippen LogP contribution in [0.25, 0.3) is 10.2 Å². The minimum absolute atomic E-state index is 0.0446. The average Bonchev–Trinajstić information content (AvgIpc) is 3.45. The number of rotatable bonds is 6. The molecule has 0 saturated carbocycles. The summed E-state index contributed by atoms with van der Waals surface area (Å²) in [6, 6.07) is 8.96. The summed E-state index contributed by atoms with van der Waals surface area (Å²) in [7, 11) is 0. The Kier molecular flexibility index (Phi) is 5.62. The van der Waals surface area contributed by atoms with Gasteiger partial charge in [0.25, 0.3) is 5.91 Å². The first kappa shape index (κ1) is 19.9. The van der Waals surface area contributed by atoms with Crippen molar-refractivity contribution in [3.8, 4) is 0 Å². The molecule has 1 fully saturated rings. The van der Waals surface area contributed by atoms with Crippen molar-refractivity contribution in [1.82, 2.24) is 4.98 Å². The highest BCUT2D eigenvalue weighted by Crippen LogP contribution is 2.35. The summed E-state index contributed by atoms with van der Waals surface area (Å²) in [6.07, 6.45) is 1.80. The number of nitro groups is 1. The molecular formula is C20H21N3O4S2. The molecule has 3 aromatic rings. The Labute approximate surface area is 176 Å². The first-order valence-electron chi connectivity index (χ1n) is 9.51. The topological polar surface area (TPSA) is 85.6 Å². The number of fused-ring (bicyclic) bond motifs is 1. The summed E-state index contributed by atoms with van der Waals surface area (Å²) >= 11 is 2.36. The molecule has 1 amide bonds. The fraction of sp³-hybridized carbons (Fsp3) is 0.400. The largest absolute Gasteiger partial charge is 0.376 e. The molecule has 1 aromatic carbocycles. The van der Waals surface area contributed by atoms with E-state index in [-0.39, 0.29) is 17.0 Å². The zero-order valence-corrected chi connectivity index (χ0v) is 17.8. The van der Waals surface area contributed by atoms with Gasteiger partial charge in [-0.15, -0.1) is 0 Å². The van der Waals surface area contributed by atoms with Gasteiger partial charge in [-0.25, -0.2) is 4.98 Å². The van der Waals surface area contributed by atoms with Gasteiger partial charge >= 0.3 is 5.00 Å². The van der Waals surface area contributed by atoms with Gasteiger partial charge < -0.3 is 4.74 Å². The van der Waals surface area contributed by atoms with Crippen molar-refractivity contribution in [2.24, 2.45) is 0 Å². The van der Waals surface area contributed by atoms with Crippen LogP contribution in [0, 0.1) is 10.1 Å². The molecule has 4 rings (SSSR count). The quantitative estimate of drug-likeness (QED) is 0.395. The van der Waals surface area contributed by atoms with Gasteiger partial charge in [0.15, 0.2) is 5.13 Å². The van der Waals surface area contributed by atoms with Crippen LogP contribution in [-0.4, -0.2) is 35.1 Å². The van der Waals surface area contributed by atoms with E-state index in [2.05, 4.69) is 19.9 Å². The van der Waals surface area contributed by atoms with Crippen LogP contribution in [0.2, 0.25) is 0 Å². The predicted molar refractivity (Wildman–Crippen MR) is 115 cm³/mol. The second kappa shape index (κ2) is 8.17. The third-order valence-corrected chi connectivity index (χ3v) is 7.00. The van der Waals surface area contributed by atoms with E-state index in [1.54, 1.807) is 4.90 Å². The van der Waals surface area contributed by atoms with Crippen molar-refractivity contribution < 1.29 is 14.5 Å². The highest BCUT2D eigenvalue weighted by atomic mass is 32.1. The van der Waals surface area contributed by atoms with E-state index in [1.807, 2.05) is 12.1 Å². The molecule has 1 atom stereocenters. The lowest BCUT2D eigenvalue weighted by atomic mass is 10.0. The van der Waals surface area contributed by atoms with Crippen molar-refractivity contribution in [2.75, 3.05) is 18.1 Å². The van der Waals surface area contributed by atoms with Gasteiger partial charge in [-0.3, -0.25) is 19.8 Å². The van der Waals surface area contributed by atoms with Gasteiger partial charge in [0.2, 0.25) is 0 Å². The molecule has 1 aliphatic heterocycles. The van der Waals surface area contributed by atoms with Crippen LogP contribution >= 0.6 is 22.7 Å². The van der Waals surface area contributed by atoms with Gasteiger partial charge in [0.1, 0.15) is 0 Å². The van der Waals surface area contributed by atoms with Crippen molar-refractivity contribution in [2.45, 2.75) is 38.7 Å². The Balaban J connectivity index is 1.73. The molecule has 7 nitrogen and oxygen atoms in total. The molecule has 152 valence electrons. The molecule has 29 heavy (non-hydrogen) atoms. The number of ether oxygens (including phenoxy) is 1. The third-order valence-electron chi connectivity index (χ3n) is 4.93.